The van der Waals surface area contributed by atoms with Gasteiger partial charge in [-0.05, 0) is 42.3 Å². The van der Waals surface area contributed by atoms with E-state index in [9.17, 15) is 14.4 Å². The summed E-state index contributed by atoms with van der Waals surface area (Å²) in [6.07, 6.45) is 0.689. The molecule has 2 aliphatic heterocycles. The summed E-state index contributed by atoms with van der Waals surface area (Å²) < 4.78 is 10.6. The summed E-state index contributed by atoms with van der Waals surface area (Å²) >= 11 is 0. The van der Waals surface area contributed by atoms with Gasteiger partial charge in [-0.3, -0.25) is 19.3 Å². The molecular weight excluding hydrogens is 348 g/mol. The number of nitrogens with one attached hydrogen (secondary N) is 1. The molecule has 2 aromatic rings. The maximum Gasteiger partial charge on any atom is 0.261 e. The molecule has 0 saturated heterocycles. The van der Waals surface area contributed by atoms with Crippen LogP contribution in [-0.4, -0.2) is 36.0 Å². The first-order chi connectivity index (χ1) is 13.1. The predicted molar refractivity (Wildman–Crippen MR) is 95.8 cm³/mol. The molecule has 1 N–H and O–H groups in total. The van der Waals surface area contributed by atoms with E-state index in [1.54, 1.807) is 18.2 Å². The van der Waals surface area contributed by atoms with E-state index in [4.69, 9.17) is 9.47 Å². The summed E-state index contributed by atoms with van der Waals surface area (Å²) in [4.78, 5) is 38.4. The number of imide groups is 1. The summed E-state index contributed by atoms with van der Waals surface area (Å²) in [5, 5.41) is 2.81. The van der Waals surface area contributed by atoms with Crippen molar-refractivity contribution in [2.75, 3.05) is 13.3 Å². The topological polar surface area (TPSA) is 84.9 Å². The molecule has 7 nitrogen and oxygen atoms in total. The van der Waals surface area contributed by atoms with Crippen LogP contribution in [0.5, 0.6) is 11.5 Å². The number of hydrogen-bond acceptors (Lipinski definition) is 5. The molecule has 0 fully saturated rings. The van der Waals surface area contributed by atoms with E-state index in [-0.39, 0.29) is 30.1 Å². The van der Waals surface area contributed by atoms with E-state index in [1.165, 1.54) is 11.0 Å². The molecule has 138 valence electrons. The van der Waals surface area contributed by atoms with E-state index in [2.05, 4.69) is 5.32 Å². The van der Waals surface area contributed by atoms with Gasteiger partial charge in [0.15, 0.2) is 11.5 Å². The number of benzene rings is 2. The summed E-state index contributed by atoms with van der Waals surface area (Å²) in [6.45, 7) is 2.78. The van der Waals surface area contributed by atoms with Gasteiger partial charge in [0, 0.05) is 18.7 Å². The van der Waals surface area contributed by atoms with Crippen molar-refractivity contribution < 1.29 is 23.9 Å². The first-order valence-corrected chi connectivity index (χ1v) is 8.75. The second-order valence-corrected chi connectivity index (χ2v) is 6.39. The van der Waals surface area contributed by atoms with Crippen molar-refractivity contribution in [2.45, 2.75) is 19.9 Å². The zero-order valence-electron chi connectivity index (χ0n) is 14.8. The number of amides is 3. The SMILES string of the molecule is CCCN1C(=O)c2ccc(C(=O)NCc3ccc4c(c3)OCO4)cc2C1=O. The second kappa shape index (κ2) is 6.75. The van der Waals surface area contributed by atoms with Gasteiger partial charge in [0.2, 0.25) is 6.79 Å². The Kier molecular flexibility index (Phi) is 4.27. The lowest BCUT2D eigenvalue weighted by Crippen LogP contribution is -2.30. The summed E-state index contributed by atoms with van der Waals surface area (Å²) in [5.41, 5.74) is 1.84. The van der Waals surface area contributed by atoms with Crippen LogP contribution in [0.4, 0.5) is 0 Å². The lowest BCUT2D eigenvalue weighted by molar-refractivity contribution is 0.0654. The summed E-state index contributed by atoms with van der Waals surface area (Å²) in [7, 11) is 0. The average molecular weight is 366 g/mol. The maximum absolute atomic E-state index is 12.5. The van der Waals surface area contributed by atoms with Crippen LogP contribution in [0.1, 0.15) is 50.0 Å². The van der Waals surface area contributed by atoms with E-state index in [0.717, 1.165) is 5.56 Å². The minimum Gasteiger partial charge on any atom is -0.454 e. The smallest absolute Gasteiger partial charge is 0.261 e. The molecule has 0 radical (unpaired) electrons. The monoisotopic (exact) mass is 366 g/mol. The molecule has 0 atom stereocenters. The molecule has 27 heavy (non-hydrogen) atoms. The maximum atomic E-state index is 12.5. The minimum atomic E-state index is -0.345. The van der Waals surface area contributed by atoms with Gasteiger partial charge in [-0.25, -0.2) is 0 Å². The third-order valence-corrected chi connectivity index (χ3v) is 4.57. The number of ether oxygens (including phenoxy) is 2. The van der Waals surface area contributed by atoms with Gasteiger partial charge in [0.25, 0.3) is 17.7 Å². The predicted octanol–water partition coefficient (Wildman–Crippen LogP) is 2.35. The number of hydrogen-bond donors (Lipinski definition) is 1. The lowest BCUT2D eigenvalue weighted by Gasteiger charge is -2.11. The average Bonchev–Trinajstić information content (AvgIpc) is 3.24. The fraction of sp³-hybridized carbons (Fsp3) is 0.250. The van der Waals surface area contributed by atoms with Crippen LogP contribution in [0.25, 0.3) is 0 Å². The van der Waals surface area contributed by atoms with Crippen molar-refractivity contribution >= 4 is 17.7 Å². The first-order valence-electron chi connectivity index (χ1n) is 8.75. The highest BCUT2D eigenvalue weighted by molar-refractivity contribution is 6.22. The molecule has 7 heteroatoms. The van der Waals surface area contributed by atoms with Gasteiger partial charge >= 0.3 is 0 Å². The molecule has 0 aliphatic carbocycles. The fourth-order valence-corrected chi connectivity index (χ4v) is 3.19. The Morgan fingerprint density at radius 3 is 2.63 bits per heavy atom. The third kappa shape index (κ3) is 3.01. The van der Waals surface area contributed by atoms with Crippen LogP contribution in [0, 0.1) is 0 Å². The molecule has 0 spiro atoms. The highest BCUT2D eigenvalue weighted by Gasteiger charge is 2.35. The first kappa shape index (κ1) is 17.1. The molecule has 0 bridgehead atoms. The fourth-order valence-electron chi connectivity index (χ4n) is 3.19. The Hall–Kier alpha value is -3.35. The van der Waals surface area contributed by atoms with Gasteiger partial charge in [0.1, 0.15) is 0 Å². The quantitative estimate of drug-likeness (QED) is 0.821. The lowest BCUT2D eigenvalue weighted by atomic mass is 10.1. The van der Waals surface area contributed by atoms with Crippen LogP contribution < -0.4 is 14.8 Å². The molecular formula is C20H18N2O5. The number of rotatable bonds is 5. The molecule has 2 heterocycles. The normalized spacial score (nSPS) is 14.5. The van der Waals surface area contributed by atoms with Gasteiger partial charge < -0.3 is 14.8 Å². The number of nitrogens with zero attached hydrogens (tertiary/aromatic N) is 1. The molecule has 2 aromatic carbocycles. The summed E-state index contributed by atoms with van der Waals surface area (Å²) in [5.74, 6) is 0.374. The van der Waals surface area contributed by atoms with Crippen LogP contribution in [0.3, 0.4) is 0 Å². The molecule has 0 aromatic heterocycles. The van der Waals surface area contributed by atoms with E-state index >= 15 is 0 Å². The van der Waals surface area contributed by atoms with Crippen LogP contribution in [0.15, 0.2) is 36.4 Å². The molecule has 0 saturated carbocycles. The number of fused-ring (bicyclic) bond motifs is 2. The molecule has 2 aliphatic rings. The number of carbonyl (C=O) groups is 3. The standard InChI is InChI=1S/C20H18N2O5/c1-2-7-22-19(24)14-5-4-13(9-15(14)20(22)25)18(23)21-10-12-3-6-16-17(8-12)27-11-26-16/h3-6,8-9H,2,7,10-11H2,1H3,(H,21,23). The summed E-state index contributed by atoms with van der Waals surface area (Å²) in [6, 6.07) is 10.1. The third-order valence-electron chi connectivity index (χ3n) is 4.57. The van der Waals surface area contributed by atoms with Gasteiger partial charge in [-0.2, -0.15) is 0 Å². The van der Waals surface area contributed by atoms with Gasteiger partial charge in [0.05, 0.1) is 11.1 Å². The Bertz CT molecular complexity index is 953. The van der Waals surface area contributed by atoms with Crippen LogP contribution in [0.2, 0.25) is 0 Å². The van der Waals surface area contributed by atoms with Crippen LogP contribution in [-0.2, 0) is 6.54 Å². The van der Waals surface area contributed by atoms with Crippen molar-refractivity contribution in [3.8, 4) is 11.5 Å². The van der Waals surface area contributed by atoms with Crippen molar-refractivity contribution in [3.63, 3.8) is 0 Å². The van der Waals surface area contributed by atoms with Gasteiger partial charge in [-0.15, -0.1) is 0 Å². The molecule has 4 rings (SSSR count). The molecule has 0 unspecified atom stereocenters. The van der Waals surface area contributed by atoms with Crippen molar-refractivity contribution in [1.82, 2.24) is 10.2 Å². The zero-order valence-corrected chi connectivity index (χ0v) is 14.8. The second-order valence-electron chi connectivity index (χ2n) is 6.39. The minimum absolute atomic E-state index is 0.196. The van der Waals surface area contributed by atoms with Gasteiger partial charge in [-0.1, -0.05) is 13.0 Å². The van der Waals surface area contributed by atoms with Crippen LogP contribution >= 0.6 is 0 Å². The van der Waals surface area contributed by atoms with E-state index < -0.39 is 0 Å². The Morgan fingerprint density at radius 2 is 1.81 bits per heavy atom. The van der Waals surface area contributed by atoms with Crippen molar-refractivity contribution in [3.05, 3.63) is 58.7 Å². The Morgan fingerprint density at radius 1 is 1.04 bits per heavy atom. The van der Waals surface area contributed by atoms with Crippen molar-refractivity contribution in [1.29, 1.82) is 0 Å². The largest absolute Gasteiger partial charge is 0.454 e. The zero-order chi connectivity index (χ0) is 19.0. The highest BCUT2D eigenvalue weighted by atomic mass is 16.7. The van der Waals surface area contributed by atoms with E-state index in [1.807, 2.05) is 19.1 Å². The molecule has 3 amide bonds. The van der Waals surface area contributed by atoms with E-state index in [0.29, 0.717) is 42.1 Å². The highest BCUT2D eigenvalue weighted by Crippen LogP contribution is 2.32. The number of carbonyl (C=O) groups excluding carboxylic acids is 3. The Labute approximate surface area is 155 Å². The van der Waals surface area contributed by atoms with Crippen molar-refractivity contribution in [2.24, 2.45) is 0 Å². The Balaban J connectivity index is 1.47.